The molecule has 0 radical (unpaired) electrons. The van der Waals surface area contributed by atoms with Crippen molar-refractivity contribution in [2.24, 2.45) is 0 Å². The fourth-order valence-corrected chi connectivity index (χ4v) is 5.03. The summed E-state index contributed by atoms with van der Waals surface area (Å²) < 4.78 is 11.6. The molecule has 0 N–H and O–H groups in total. The van der Waals surface area contributed by atoms with Crippen LogP contribution in [0.3, 0.4) is 0 Å². The Bertz CT molecular complexity index is 952. The molecule has 1 fully saturated rings. The van der Waals surface area contributed by atoms with Gasteiger partial charge in [0.25, 0.3) is 0 Å². The molecule has 152 valence electrons. The minimum atomic E-state index is -0.299. The zero-order valence-corrected chi connectivity index (χ0v) is 18.3. The van der Waals surface area contributed by atoms with E-state index in [-0.39, 0.29) is 5.60 Å². The lowest BCUT2D eigenvalue weighted by Gasteiger charge is -2.37. The van der Waals surface area contributed by atoms with Crippen LogP contribution in [0.15, 0.2) is 29.3 Å². The average Bonchev–Trinajstić information content (AvgIpc) is 2.72. The predicted molar refractivity (Wildman–Crippen MR) is 116 cm³/mol. The molecule has 0 amide bonds. The Morgan fingerprint density at radius 1 is 1.24 bits per heavy atom. The Balaban J connectivity index is 1.75. The molecule has 2 aliphatic heterocycles. The summed E-state index contributed by atoms with van der Waals surface area (Å²) in [6.45, 7) is 7.58. The third-order valence-electron chi connectivity index (χ3n) is 5.31. The van der Waals surface area contributed by atoms with Gasteiger partial charge in [-0.15, -0.1) is 11.8 Å². The van der Waals surface area contributed by atoms with E-state index < -0.39 is 0 Å². The smallest absolute Gasteiger partial charge is 0.135 e. The number of ether oxygens (including phenoxy) is 2. The van der Waals surface area contributed by atoms with Crippen LogP contribution in [0, 0.1) is 11.3 Å². The van der Waals surface area contributed by atoms with E-state index in [0.717, 1.165) is 45.6 Å². The molecule has 5 nitrogen and oxygen atoms in total. The molecule has 2 aliphatic rings. The molecule has 1 saturated heterocycles. The van der Waals surface area contributed by atoms with Crippen molar-refractivity contribution in [2.75, 3.05) is 31.2 Å². The number of aromatic nitrogens is 1. The van der Waals surface area contributed by atoms with Crippen molar-refractivity contribution >= 4 is 29.2 Å². The maximum atomic E-state index is 9.99. The van der Waals surface area contributed by atoms with Crippen LogP contribution in [-0.2, 0) is 28.3 Å². The molecule has 0 atom stereocenters. The summed E-state index contributed by atoms with van der Waals surface area (Å²) in [5, 5.41) is 11.5. The van der Waals surface area contributed by atoms with Gasteiger partial charge in [0.1, 0.15) is 16.9 Å². The molecule has 0 unspecified atom stereocenters. The fourth-order valence-electron chi connectivity index (χ4n) is 3.74. The standard InChI is InChI=1S/C22H24ClN3O2S/c1-22(2)11-16-17(12-24)21(29-14-15-5-3-4-6-19(15)23)25-20(18(16)13-28-22)26-7-9-27-10-8-26/h3-6H,7-11,13-14H2,1-2H3. The van der Waals surface area contributed by atoms with Gasteiger partial charge in [0.15, 0.2) is 0 Å². The molecular formula is C22H24ClN3O2S. The lowest BCUT2D eigenvalue weighted by Crippen LogP contribution is -2.39. The summed E-state index contributed by atoms with van der Waals surface area (Å²) in [6, 6.07) is 10.2. The van der Waals surface area contributed by atoms with Gasteiger partial charge in [0.2, 0.25) is 0 Å². The highest BCUT2D eigenvalue weighted by Gasteiger charge is 2.33. The number of benzene rings is 1. The first-order chi connectivity index (χ1) is 14.0. The van der Waals surface area contributed by atoms with E-state index in [1.165, 1.54) is 0 Å². The highest BCUT2D eigenvalue weighted by atomic mass is 35.5. The quantitative estimate of drug-likeness (QED) is 0.662. The van der Waals surface area contributed by atoms with E-state index in [1.54, 1.807) is 11.8 Å². The Morgan fingerprint density at radius 2 is 2.00 bits per heavy atom. The molecule has 2 aromatic rings. The van der Waals surface area contributed by atoms with Gasteiger partial charge in [-0.25, -0.2) is 4.98 Å². The summed E-state index contributed by atoms with van der Waals surface area (Å²) >= 11 is 7.91. The number of morpholine rings is 1. The Hall–Kier alpha value is -1.78. The first kappa shape index (κ1) is 20.5. The van der Waals surface area contributed by atoms with Crippen molar-refractivity contribution in [2.45, 2.75) is 43.3 Å². The summed E-state index contributed by atoms with van der Waals surface area (Å²) in [6.07, 6.45) is 0.699. The molecule has 0 bridgehead atoms. The fraction of sp³-hybridized carbons (Fsp3) is 0.455. The Labute approximate surface area is 181 Å². The number of hydrogen-bond acceptors (Lipinski definition) is 6. The largest absolute Gasteiger partial charge is 0.378 e. The molecule has 4 rings (SSSR count). The monoisotopic (exact) mass is 429 g/mol. The van der Waals surface area contributed by atoms with Crippen molar-refractivity contribution in [3.8, 4) is 6.07 Å². The predicted octanol–water partition coefficient (Wildman–Crippen LogP) is 4.59. The summed E-state index contributed by atoms with van der Waals surface area (Å²) in [5.74, 6) is 1.60. The highest BCUT2D eigenvalue weighted by Crippen LogP contribution is 2.39. The van der Waals surface area contributed by atoms with Crippen molar-refractivity contribution in [1.29, 1.82) is 5.26 Å². The first-order valence-corrected chi connectivity index (χ1v) is 11.1. The number of hydrogen-bond donors (Lipinski definition) is 0. The van der Waals surface area contributed by atoms with Gasteiger partial charge in [0, 0.05) is 35.8 Å². The van der Waals surface area contributed by atoms with Crippen LogP contribution >= 0.6 is 23.4 Å². The van der Waals surface area contributed by atoms with E-state index >= 15 is 0 Å². The van der Waals surface area contributed by atoms with E-state index in [1.807, 2.05) is 24.3 Å². The molecule has 0 aliphatic carbocycles. The van der Waals surface area contributed by atoms with Crippen LogP contribution in [-0.4, -0.2) is 36.9 Å². The van der Waals surface area contributed by atoms with Crippen LogP contribution in [0.2, 0.25) is 5.02 Å². The van der Waals surface area contributed by atoms with Gasteiger partial charge >= 0.3 is 0 Å². The van der Waals surface area contributed by atoms with Crippen LogP contribution in [0.5, 0.6) is 0 Å². The molecule has 29 heavy (non-hydrogen) atoms. The van der Waals surface area contributed by atoms with Gasteiger partial charge in [-0.3, -0.25) is 0 Å². The first-order valence-electron chi connectivity index (χ1n) is 9.77. The number of fused-ring (bicyclic) bond motifs is 1. The third-order valence-corrected chi connectivity index (χ3v) is 6.70. The number of thioether (sulfide) groups is 1. The normalized spacial score (nSPS) is 18.2. The van der Waals surface area contributed by atoms with Crippen molar-refractivity contribution in [3.05, 3.63) is 51.5 Å². The van der Waals surface area contributed by atoms with E-state index in [9.17, 15) is 5.26 Å². The second kappa shape index (κ2) is 8.53. The van der Waals surface area contributed by atoms with Crippen molar-refractivity contribution < 1.29 is 9.47 Å². The maximum absolute atomic E-state index is 9.99. The second-order valence-electron chi connectivity index (χ2n) is 7.89. The van der Waals surface area contributed by atoms with Crippen LogP contribution in [0.4, 0.5) is 5.82 Å². The second-order valence-corrected chi connectivity index (χ2v) is 9.26. The van der Waals surface area contributed by atoms with Gasteiger partial charge in [0.05, 0.1) is 31.0 Å². The third kappa shape index (κ3) is 4.39. The number of nitrogens with zero attached hydrogens (tertiary/aromatic N) is 3. The van der Waals surface area contributed by atoms with Crippen molar-refractivity contribution in [3.63, 3.8) is 0 Å². The number of nitriles is 1. The molecule has 3 heterocycles. The van der Waals surface area contributed by atoms with Crippen LogP contribution in [0.25, 0.3) is 0 Å². The van der Waals surface area contributed by atoms with Gasteiger partial charge < -0.3 is 14.4 Å². The SMILES string of the molecule is CC1(C)Cc2c(C#N)c(SCc3ccccc3Cl)nc(N3CCOCC3)c2CO1. The number of pyridine rings is 1. The lowest BCUT2D eigenvalue weighted by molar-refractivity contribution is -0.0402. The molecule has 1 aromatic heterocycles. The lowest BCUT2D eigenvalue weighted by atomic mass is 9.89. The Kier molecular flexibility index (Phi) is 6.03. The minimum absolute atomic E-state index is 0.299. The zero-order chi connectivity index (χ0) is 20.4. The highest BCUT2D eigenvalue weighted by molar-refractivity contribution is 7.98. The van der Waals surface area contributed by atoms with Crippen LogP contribution in [0.1, 0.15) is 36.1 Å². The number of halogens is 1. The van der Waals surface area contributed by atoms with E-state index in [4.69, 9.17) is 26.1 Å². The topological polar surface area (TPSA) is 58.4 Å². The Morgan fingerprint density at radius 3 is 2.72 bits per heavy atom. The average molecular weight is 430 g/mol. The molecule has 7 heteroatoms. The van der Waals surface area contributed by atoms with Gasteiger partial charge in [-0.2, -0.15) is 5.26 Å². The van der Waals surface area contributed by atoms with Gasteiger partial charge in [-0.1, -0.05) is 29.8 Å². The van der Waals surface area contributed by atoms with Crippen molar-refractivity contribution in [1.82, 2.24) is 4.98 Å². The van der Waals surface area contributed by atoms with E-state index in [0.29, 0.717) is 37.6 Å². The summed E-state index contributed by atoms with van der Waals surface area (Å²) in [5.41, 5.74) is 3.53. The van der Waals surface area contributed by atoms with Crippen LogP contribution < -0.4 is 4.90 Å². The summed E-state index contributed by atoms with van der Waals surface area (Å²) in [4.78, 5) is 7.22. The number of rotatable bonds is 4. The zero-order valence-electron chi connectivity index (χ0n) is 16.7. The van der Waals surface area contributed by atoms with Gasteiger partial charge in [-0.05, 0) is 31.0 Å². The number of anilines is 1. The molecule has 0 saturated carbocycles. The minimum Gasteiger partial charge on any atom is -0.378 e. The molecule has 1 aromatic carbocycles. The maximum Gasteiger partial charge on any atom is 0.135 e. The van der Waals surface area contributed by atoms with E-state index in [2.05, 4.69) is 24.8 Å². The molecular weight excluding hydrogens is 406 g/mol. The molecule has 0 spiro atoms. The summed E-state index contributed by atoms with van der Waals surface area (Å²) in [7, 11) is 0.